The van der Waals surface area contributed by atoms with Gasteiger partial charge in [0.2, 0.25) is 0 Å². The number of epoxide rings is 1. The van der Waals surface area contributed by atoms with Gasteiger partial charge in [-0.3, -0.25) is 0 Å². The van der Waals surface area contributed by atoms with E-state index in [0.29, 0.717) is 42.8 Å². The third-order valence-corrected chi connectivity index (χ3v) is 5.94. The maximum Gasteiger partial charge on any atom is 0.343 e. The fourth-order valence-electron chi connectivity index (χ4n) is 4.05. The summed E-state index contributed by atoms with van der Waals surface area (Å²) in [4.78, 5) is 12.6. The van der Waals surface area contributed by atoms with Crippen molar-refractivity contribution in [3.8, 4) is 28.7 Å². The zero-order chi connectivity index (χ0) is 23.3. The van der Waals surface area contributed by atoms with Crippen LogP contribution in [-0.2, 0) is 15.9 Å². The molecule has 1 unspecified atom stereocenters. The molecule has 34 heavy (non-hydrogen) atoms. The summed E-state index contributed by atoms with van der Waals surface area (Å²) in [6.45, 7) is 2.81. The molecule has 0 N–H and O–H groups in total. The molecule has 0 saturated carbocycles. The Morgan fingerprint density at radius 1 is 0.941 bits per heavy atom. The van der Waals surface area contributed by atoms with Gasteiger partial charge in [-0.25, -0.2) is 4.79 Å². The zero-order valence-corrected chi connectivity index (χ0v) is 18.8. The summed E-state index contributed by atoms with van der Waals surface area (Å²) < 4.78 is 22.0. The summed E-state index contributed by atoms with van der Waals surface area (Å²) in [5.74, 6) is 0.814. The number of unbranched alkanes of at least 4 members (excludes halogenated alkanes) is 1. The minimum atomic E-state index is -0.412. The van der Waals surface area contributed by atoms with E-state index >= 15 is 0 Å². The normalized spacial score (nSPS) is 15.2. The number of nitrogens with zero attached hydrogens (tertiary/aromatic N) is 1. The Morgan fingerprint density at radius 2 is 1.65 bits per heavy atom. The van der Waals surface area contributed by atoms with Gasteiger partial charge in [-0.15, -0.1) is 0 Å². The van der Waals surface area contributed by atoms with Crippen LogP contribution in [0.5, 0.6) is 11.5 Å². The minimum absolute atomic E-state index is 0.306. The first kappa shape index (κ1) is 22.1. The third kappa shape index (κ3) is 5.28. The number of esters is 1. The second-order valence-corrected chi connectivity index (χ2v) is 8.48. The number of carbonyl (C=O) groups is 1. The predicted molar refractivity (Wildman–Crippen MR) is 126 cm³/mol. The Balaban J connectivity index is 1.11. The number of carbonyl (C=O) groups excluding carboxylic acids is 1. The Hall–Kier alpha value is -3.66. The number of ether oxygens (including phenoxy) is 4. The second-order valence-electron chi connectivity index (χ2n) is 8.48. The fourth-order valence-corrected chi connectivity index (χ4v) is 4.05. The SMILES string of the molecule is N#Cc1ccc2c(c1)Cc1cc(OC(=O)c3ccc(OCCCCOCC4CO4)cc3)ccc1-2. The molecule has 0 spiro atoms. The molecule has 0 radical (unpaired) electrons. The average Bonchev–Trinajstić information content (AvgIpc) is 3.62. The molecule has 1 heterocycles. The van der Waals surface area contributed by atoms with E-state index in [1.807, 2.05) is 36.4 Å². The lowest BCUT2D eigenvalue weighted by atomic mass is 10.0. The maximum absolute atomic E-state index is 12.6. The van der Waals surface area contributed by atoms with Crippen LogP contribution >= 0.6 is 0 Å². The molecule has 1 fully saturated rings. The molecule has 2 aliphatic rings. The van der Waals surface area contributed by atoms with Crippen molar-refractivity contribution in [2.24, 2.45) is 0 Å². The number of benzene rings is 3. The van der Waals surface area contributed by atoms with Gasteiger partial charge < -0.3 is 18.9 Å². The molecule has 3 aromatic rings. The second kappa shape index (κ2) is 10.1. The highest BCUT2D eigenvalue weighted by molar-refractivity contribution is 5.91. The lowest BCUT2D eigenvalue weighted by Crippen LogP contribution is -2.08. The highest BCUT2D eigenvalue weighted by Gasteiger charge is 2.22. The van der Waals surface area contributed by atoms with Crippen LogP contribution in [0.4, 0.5) is 0 Å². The molecule has 1 atom stereocenters. The number of hydrogen-bond acceptors (Lipinski definition) is 6. The van der Waals surface area contributed by atoms with Gasteiger partial charge in [-0.2, -0.15) is 5.26 Å². The summed E-state index contributed by atoms with van der Waals surface area (Å²) in [5.41, 5.74) is 5.57. The molecular weight excluding hydrogens is 430 g/mol. The van der Waals surface area contributed by atoms with E-state index in [1.54, 1.807) is 24.3 Å². The molecular formula is C28H25NO5. The van der Waals surface area contributed by atoms with Crippen molar-refractivity contribution in [3.63, 3.8) is 0 Å². The van der Waals surface area contributed by atoms with Crippen LogP contribution in [-0.4, -0.2) is 38.5 Å². The van der Waals surface area contributed by atoms with E-state index in [2.05, 4.69) is 6.07 Å². The van der Waals surface area contributed by atoms with Gasteiger partial charge >= 0.3 is 5.97 Å². The van der Waals surface area contributed by atoms with Gasteiger partial charge in [-0.05, 0) is 90.0 Å². The molecule has 3 aromatic carbocycles. The zero-order valence-electron chi connectivity index (χ0n) is 18.8. The smallest absolute Gasteiger partial charge is 0.343 e. The van der Waals surface area contributed by atoms with Crippen LogP contribution in [0.25, 0.3) is 11.1 Å². The number of fused-ring (bicyclic) bond motifs is 3. The van der Waals surface area contributed by atoms with Gasteiger partial charge in [0.05, 0.1) is 37.0 Å². The van der Waals surface area contributed by atoms with Gasteiger partial charge in [0.15, 0.2) is 0 Å². The van der Waals surface area contributed by atoms with E-state index in [4.69, 9.17) is 24.2 Å². The third-order valence-electron chi connectivity index (χ3n) is 5.94. The van der Waals surface area contributed by atoms with Gasteiger partial charge in [0.1, 0.15) is 17.6 Å². The molecule has 0 amide bonds. The van der Waals surface area contributed by atoms with E-state index in [9.17, 15) is 4.79 Å². The Labute approximate surface area is 198 Å². The van der Waals surface area contributed by atoms with Crippen molar-refractivity contribution >= 4 is 5.97 Å². The summed E-state index contributed by atoms with van der Waals surface area (Å²) in [6.07, 6.45) is 2.86. The van der Waals surface area contributed by atoms with Crippen LogP contribution in [0.3, 0.4) is 0 Å². The molecule has 6 nitrogen and oxygen atoms in total. The monoisotopic (exact) mass is 455 g/mol. The molecule has 1 aliphatic heterocycles. The van der Waals surface area contributed by atoms with Crippen LogP contribution in [0.1, 0.15) is 39.9 Å². The van der Waals surface area contributed by atoms with Gasteiger partial charge in [0.25, 0.3) is 0 Å². The van der Waals surface area contributed by atoms with E-state index in [1.165, 1.54) is 0 Å². The van der Waals surface area contributed by atoms with Crippen molar-refractivity contribution in [1.29, 1.82) is 5.26 Å². The first-order valence-corrected chi connectivity index (χ1v) is 11.5. The highest BCUT2D eigenvalue weighted by Crippen LogP contribution is 2.38. The van der Waals surface area contributed by atoms with Crippen molar-refractivity contribution in [2.45, 2.75) is 25.4 Å². The summed E-state index contributed by atoms with van der Waals surface area (Å²) in [6, 6.07) is 20.6. The summed E-state index contributed by atoms with van der Waals surface area (Å²) in [7, 11) is 0. The lowest BCUT2D eigenvalue weighted by molar-refractivity contribution is 0.0734. The van der Waals surface area contributed by atoms with E-state index < -0.39 is 5.97 Å². The quantitative estimate of drug-likeness (QED) is 0.146. The summed E-state index contributed by atoms with van der Waals surface area (Å²) in [5, 5.41) is 9.13. The Bertz CT molecular complexity index is 1220. The fraction of sp³-hybridized carbons (Fsp3) is 0.286. The molecule has 172 valence electrons. The Morgan fingerprint density at radius 3 is 2.41 bits per heavy atom. The standard InChI is InChI=1S/C28H25NO5/c29-16-19-3-9-26-21(13-19)14-22-15-24(8-10-27(22)26)34-28(30)20-4-6-23(7-5-20)32-12-2-1-11-31-17-25-18-33-25/h3-10,13,15,25H,1-2,11-12,14,17-18H2. The molecule has 1 saturated heterocycles. The molecule has 0 bridgehead atoms. The van der Waals surface area contributed by atoms with Crippen molar-refractivity contribution in [1.82, 2.24) is 0 Å². The van der Waals surface area contributed by atoms with Crippen LogP contribution in [0.2, 0.25) is 0 Å². The van der Waals surface area contributed by atoms with Gasteiger partial charge in [-0.1, -0.05) is 12.1 Å². The minimum Gasteiger partial charge on any atom is -0.494 e. The topological polar surface area (TPSA) is 81.1 Å². The van der Waals surface area contributed by atoms with Gasteiger partial charge in [0, 0.05) is 6.61 Å². The molecule has 1 aliphatic carbocycles. The van der Waals surface area contributed by atoms with Crippen molar-refractivity contribution in [2.75, 3.05) is 26.4 Å². The Kier molecular flexibility index (Phi) is 6.57. The largest absolute Gasteiger partial charge is 0.494 e. The van der Waals surface area contributed by atoms with Crippen LogP contribution < -0.4 is 9.47 Å². The molecule has 6 heteroatoms. The first-order chi connectivity index (χ1) is 16.7. The van der Waals surface area contributed by atoms with Crippen molar-refractivity contribution < 1.29 is 23.7 Å². The number of nitriles is 1. The predicted octanol–water partition coefficient (Wildman–Crippen LogP) is 4.92. The number of rotatable bonds is 10. The molecule has 0 aromatic heterocycles. The summed E-state index contributed by atoms with van der Waals surface area (Å²) >= 11 is 0. The number of hydrogen-bond donors (Lipinski definition) is 0. The van der Waals surface area contributed by atoms with Crippen molar-refractivity contribution in [3.05, 3.63) is 82.9 Å². The van der Waals surface area contributed by atoms with E-state index in [0.717, 1.165) is 53.9 Å². The van der Waals surface area contributed by atoms with Crippen LogP contribution in [0, 0.1) is 11.3 Å². The molecule has 5 rings (SSSR count). The first-order valence-electron chi connectivity index (χ1n) is 11.5. The maximum atomic E-state index is 12.6. The lowest BCUT2D eigenvalue weighted by Gasteiger charge is -2.09. The highest BCUT2D eigenvalue weighted by atomic mass is 16.6. The van der Waals surface area contributed by atoms with Crippen LogP contribution in [0.15, 0.2) is 60.7 Å². The average molecular weight is 456 g/mol. The van der Waals surface area contributed by atoms with E-state index in [-0.39, 0.29) is 0 Å².